The highest BCUT2D eigenvalue weighted by atomic mass is 19.1. The summed E-state index contributed by atoms with van der Waals surface area (Å²) in [5.74, 6) is -0.504. The maximum absolute atomic E-state index is 13.0. The number of carbonyl (C=O) groups is 1. The van der Waals surface area contributed by atoms with Gasteiger partial charge in [0.05, 0.1) is 11.3 Å². The molecule has 0 aliphatic heterocycles. The van der Waals surface area contributed by atoms with Crippen LogP contribution in [0.2, 0.25) is 0 Å². The lowest BCUT2D eigenvalue weighted by atomic mass is 9.88. The lowest BCUT2D eigenvalue weighted by Crippen LogP contribution is -2.25. The van der Waals surface area contributed by atoms with E-state index in [2.05, 4.69) is 5.32 Å². The van der Waals surface area contributed by atoms with Gasteiger partial charge in [-0.15, -0.1) is 0 Å². The fourth-order valence-electron chi connectivity index (χ4n) is 2.32. The second-order valence-corrected chi connectivity index (χ2v) is 4.63. The smallest absolute Gasteiger partial charge is 0.227 e. The van der Waals surface area contributed by atoms with Gasteiger partial charge in [-0.1, -0.05) is 19.3 Å². The Morgan fingerprint density at radius 3 is 2.72 bits per heavy atom. The lowest BCUT2D eigenvalue weighted by Gasteiger charge is -2.21. The molecule has 1 aromatic carbocycles. The first-order chi connectivity index (χ1) is 8.70. The minimum atomic E-state index is -0.470. The van der Waals surface area contributed by atoms with E-state index in [0.717, 1.165) is 31.7 Å². The van der Waals surface area contributed by atoms with E-state index >= 15 is 0 Å². The van der Waals surface area contributed by atoms with Crippen molar-refractivity contribution in [2.24, 2.45) is 5.92 Å². The summed E-state index contributed by atoms with van der Waals surface area (Å²) in [7, 11) is 0. The van der Waals surface area contributed by atoms with Crippen molar-refractivity contribution in [2.45, 2.75) is 32.1 Å². The van der Waals surface area contributed by atoms with E-state index in [0.29, 0.717) is 5.69 Å². The minimum Gasteiger partial charge on any atom is -0.325 e. The van der Waals surface area contributed by atoms with Crippen LogP contribution in [0, 0.1) is 23.1 Å². The van der Waals surface area contributed by atoms with E-state index in [9.17, 15) is 9.18 Å². The Kier molecular flexibility index (Phi) is 3.93. The van der Waals surface area contributed by atoms with Gasteiger partial charge in [0.1, 0.15) is 11.9 Å². The van der Waals surface area contributed by atoms with Crippen molar-refractivity contribution in [2.75, 3.05) is 5.32 Å². The molecule has 1 aliphatic rings. The zero-order chi connectivity index (χ0) is 13.0. The van der Waals surface area contributed by atoms with Gasteiger partial charge < -0.3 is 5.32 Å². The van der Waals surface area contributed by atoms with Crippen molar-refractivity contribution in [1.82, 2.24) is 0 Å². The summed E-state index contributed by atoms with van der Waals surface area (Å²) >= 11 is 0. The van der Waals surface area contributed by atoms with Crippen molar-refractivity contribution in [1.29, 1.82) is 5.26 Å². The van der Waals surface area contributed by atoms with Crippen LogP contribution in [0.3, 0.4) is 0 Å². The molecule has 1 amide bonds. The third-order valence-electron chi connectivity index (χ3n) is 3.34. The number of rotatable bonds is 2. The minimum absolute atomic E-state index is 0.0235. The van der Waals surface area contributed by atoms with Crippen molar-refractivity contribution >= 4 is 11.6 Å². The summed E-state index contributed by atoms with van der Waals surface area (Å²) in [6, 6.07) is 5.71. The molecule has 0 heterocycles. The molecule has 18 heavy (non-hydrogen) atoms. The zero-order valence-electron chi connectivity index (χ0n) is 10.1. The molecule has 1 N–H and O–H groups in total. The van der Waals surface area contributed by atoms with Crippen molar-refractivity contribution in [3.05, 3.63) is 29.6 Å². The van der Waals surface area contributed by atoms with Crippen LogP contribution < -0.4 is 5.32 Å². The number of halogens is 1. The largest absolute Gasteiger partial charge is 0.325 e. The zero-order valence-corrected chi connectivity index (χ0v) is 10.1. The molecular weight excluding hydrogens is 231 g/mol. The monoisotopic (exact) mass is 246 g/mol. The highest BCUT2D eigenvalue weighted by Crippen LogP contribution is 2.25. The van der Waals surface area contributed by atoms with Gasteiger partial charge in [0.2, 0.25) is 5.91 Å². The standard InChI is InChI=1S/C14H15FN2O/c15-12-6-7-13(11(8-12)9-16)17-14(18)10-4-2-1-3-5-10/h6-8,10H,1-5H2,(H,17,18). The second-order valence-electron chi connectivity index (χ2n) is 4.63. The Labute approximate surface area is 106 Å². The average Bonchev–Trinajstić information content (AvgIpc) is 2.41. The molecular formula is C14H15FN2O. The molecule has 0 aromatic heterocycles. The molecule has 0 unspecified atom stereocenters. The number of amides is 1. The van der Waals surface area contributed by atoms with Crippen LogP contribution in [0.5, 0.6) is 0 Å². The molecule has 3 nitrogen and oxygen atoms in total. The van der Waals surface area contributed by atoms with Gasteiger partial charge in [-0.2, -0.15) is 5.26 Å². The molecule has 0 bridgehead atoms. The number of nitrogens with one attached hydrogen (secondary N) is 1. The predicted octanol–water partition coefficient (Wildman–Crippen LogP) is 3.22. The molecule has 0 atom stereocenters. The summed E-state index contributed by atoms with van der Waals surface area (Å²) < 4.78 is 13.0. The molecule has 4 heteroatoms. The first-order valence-electron chi connectivity index (χ1n) is 6.21. The fourth-order valence-corrected chi connectivity index (χ4v) is 2.32. The highest BCUT2D eigenvalue weighted by Gasteiger charge is 2.21. The maximum Gasteiger partial charge on any atom is 0.227 e. The molecule has 94 valence electrons. The van der Waals surface area contributed by atoms with Crippen LogP contribution in [0.1, 0.15) is 37.7 Å². The molecule has 1 aromatic rings. The number of nitrogens with zero attached hydrogens (tertiary/aromatic N) is 1. The molecule has 0 saturated heterocycles. The summed E-state index contributed by atoms with van der Waals surface area (Å²) in [4.78, 5) is 12.0. The molecule has 1 fully saturated rings. The Bertz CT molecular complexity index is 487. The Morgan fingerprint density at radius 1 is 1.33 bits per heavy atom. The number of benzene rings is 1. The summed E-state index contributed by atoms with van der Waals surface area (Å²) in [5, 5.41) is 11.6. The normalized spacial score (nSPS) is 16.0. The number of anilines is 1. The van der Waals surface area contributed by atoms with Gasteiger partial charge in [0, 0.05) is 5.92 Å². The highest BCUT2D eigenvalue weighted by molar-refractivity contribution is 5.93. The third-order valence-corrected chi connectivity index (χ3v) is 3.34. The van der Waals surface area contributed by atoms with Gasteiger partial charge >= 0.3 is 0 Å². The third kappa shape index (κ3) is 2.86. The van der Waals surface area contributed by atoms with E-state index in [1.165, 1.54) is 18.6 Å². The number of carbonyl (C=O) groups excluding carboxylic acids is 1. The van der Waals surface area contributed by atoms with E-state index in [1.54, 1.807) is 0 Å². The van der Waals surface area contributed by atoms with Crippen LogP contribution in [0.15, 0.2) is 18.2 Å². The fraction of sp³-hybridized carbons (Fsp3) is 0.429. The first kappa shape index (κ1) is 12.6. The summed E-state index contributed by atoms with van der Waals surface area (Å²) in [6.07, 6.45) is 5.13. The van der Waals surface area contributed by atoms with Gasteiger partial charge in [-0.05, 0) is 31.0 Å². The number of hydrogen-bond acceptors (Lipinski definition) is 2. The van der Waals surface area contributed by atoms with Gasteiger partial charge in [-0.25, -0.2) is 4.39 Å². The molecule has 1 aliphatic carbocycles. The molecule has 2 rings (SSSR count). The van der Waals surface area contributed by atoms with Gasteiger partial charge in [-0.3, -0.25) is 4.79 Å². The van der Waals surface area contributed by atoms with Crippen LogP contribution in [0.25, 0.3) is 0 Å². The van der Waals surface area contributed by atoms with Crippen LogP contribution in [-0.2, 0) is 4.79 Å². The second kappa shape index (κ2) is 5.63. The summed E-state index contributed by atoms with van der Waals surface area (Å²) in [5.41, 5.74) is 0.564. The molecule has 1 saturated carbocycles. The van der Waals surface area contributed by atoms with Crippen LogP contribution >= 0.6 is 0 Å². The average molecular weight is 246 g/mol. The number of nitriles is 1. The topological polar surface area (TPSA) is 52.9 Å². The number of hydrogen-bond donors (Lipinski definition) is 1. The first-order valence-corrected chi connectivity index (χ1v) is 6.21. The van der Waals surface area contributed by atoms with E-state index in [4.69, 9.17) is 5.26 Å². The quantitative estimate of drug-likeness (QED) is 0.871. The van der Waals surface area contributed by atoms with E-state index < -0.39 is 5.82 Å². The van der Waals surface area contributed by atoms with E-state index in [1.807, 2.05) is 6.07 Å². The molecule has 0 spiro atoms. The predicted molar refractivity (Wildman–Crippen MR) is 66.3 cm³/mol. The maximum atomic E-state index is 13.0. The van der Waals surface area contributed by atoms with Gasteiger partial charge in [0.25, 0.3) is 0 Å². The lowest BCUT2D eigenvalue weighted by molar-refractivity contribution is -0.120. The van der Waals surface area contributed by atoms with Crippen LogP contribution in [-0.4, -0.2) is 5.91 Å². The van der Waals surface area contributed by atoms with E-state index in [-0.39, 0.29) is 17.4 Å². The van der Waals surface area contributed by atoms with Crippen molar-refractivity contribution in [3.63, 3.8) is 0 Å². The van der Waals surface area contributed by atoms with Crippen LogP contribution in [0.4, 0.5) is 10.1 Å². The SMILES string of the molecule is N#Cc1cc(F)ccc1NC(=O)C1CCCCC1. The molecule has 0 radical (unpaired) electrons. The Balaban J connectivity index is 2.09. The Hall–Kier alpha value is -1.89. The van der Waals surface area contributed by atoms with Crippen molar-refractivity contribution in [3.8, 4) is 6.07 Å². The summed E-state index contributed by atoms with van der Waals surface area (Å²) in [6.45, 7) is 0. The van der Waals surface area contributed by atoms with Crippen molar-refractivity contribution < 1.29 is 9.18 Å². The Morgan fingerprint density at radius 2 is 2.06 bits per heavy atom. The van der Waals surface area contributed by atoms with Gasteiger partial charge in [0.15, 0.2) is 0 Å².